The van der Waals surface area contributed by atoms with E-state index in [2.05, 4.69) is 10.3 Å². The highest BCUT2D eigenvalue weighted by Crippen LogP contribution is 2.14. The fraction of sp³-hybridized carbons (Fsp3) is 0.125. The zero-order valence-corrected chi connectivity index (χ0v) is 12.0. The number of nitro benzene ring substituents is 1. The highest BCUT2D eigenvalue weighted by Gasteiger charge is 2.07. The fourth-order valence-corrected chi connectivity index (χ4v) is 1.91. The minimum absolute atomic E-state index is 0.00675. The number of nitrogens with one attached hydrogen (secondary N) is 1. The maximum absolute atomic E-state index is 11.9. The van der Waals surface area contributed by atoms with E-state index in [-0.39, 0.29) is 17.6 Å². The predicted molar refractivity (Wildman–Crippen MR) is 82.9 cm³/mol. The lowest BCUT2D eigenvalue weighted by molar-refractivity contribution is -0.384. The van der Waals surface area contributed by atoms with Gasteiger partial charge in [-0.25, -0.2) is 0 Å². The van der Waals surface area contributed by atoms with Crippen molar-refractivity contribution in [2.75, 3.05) is 0 Å². The van der Waals surface area contributed by atoms with Crippen LogP contribution in [0, 0.1) is 10.1 Å². The largest absolute Gasteiger partial charge is 0.346 e. The lowest BCUT2D eigenvalue weighted by Crippen LogP contribution is -2.24. The number of aromatic nitrogens is 1. The molecule has 0 saturated carbocycles. The summed E-state index contributed by atoms with van der Waals surface area (Å²) >= 11 is 0. The van der Waals surface area contributed by atoms with Gasteiger partial charge in [0.25, 0.3) is 5.69 Å². The van der Waals surface area contributed by atoms with Gasteiger partial charge in [0.15, 0.2) is 0 Å². The van der Waals surface area contributed by atoms with Crippen LogP contribution in [0.15, 0.2) is 54.9 Å². The second kappa shape index (κ2) is 7.12. The molecular weight excluding hydrogens is 282 g/mol. The summed E-state index contributed by atoms with van der Waals surface area (Å²) in [5.74, 6) is -0.268. The van der Waals surface area contributed by atoms with Gasteiger partial charge >= 0.3 is 0 Å². The summed E-state index contributed by atoms with van der Waals surface area (Å²) in [6, 6.07) is 9.60. The zero-order valence-electron chi connectivity index (χ0n) is 12.0. The van der Waals surface area contributed by atoms with Crippen molar-refractivity contribution in [3.05, 3.63) is 76.1 Å². The van der Waals surface area contributed by atoms with Gasteiger partial charge in [-0.1, -0.05) is 12.1 Å². The van der Waals surface area contributed by atoms with E-state index in [0.29, 0.717) is 5.56 Å². The Morgan fingerprint density at radius 1 is 1.32 bits per heavy atom. The molecular formula is C16H15N3O3. The van der Waals surface area contributed by atoms with Crippen LogP contribution in [0.1, 0.15) is 24.1 Å². The van der Waals surface area contributed by atoms with Crippen LogP contribution < -0.4 is 5.32 Å². The maximum atomic E-state index is 11.9. The van der Waals surface area contributed by atoms with Crippen molar-refractivity contribution in [2.24, 2.45) is 0 Å². The molecule has 0 bridgehead atoms. The van der Waals surface area contributed by atoms with Crippen LogP contribution in [0.3, 0.4) is 0 Å². The Hall–Kier alpha value is -3.02. The van der Waals surface area contributed by atoms with Crippen molar-refractivity contribution in [3.8, 4) is 0 Å². The first kappa shape index (κ1) is 15.4. The highest BCUT2D eigenvalue weighted by atomic mass is 16.6. The van der Waals surface area contributed by atoms with Gasteiger partial charge in [-0.15, -0.1) is 0 Å². The summed E-state index contributed by atoms with van der Waals surface area (Å²) in [6.45, 7) is 1.87. The molecule has 6 heteroatoms. The maximum Gasteiger partial charge on any atom is 0.270 e. The SMILES string of the molecule is CC(NC(=O)/C=C/c1cccc([N+](=O)[O-])c1)c1ccncc1. The number of pyridine rings is 1. The molecule has 1 amide bonds. The summed E-state index contributed by atoms with van der Waals surface area (Å²) in [5.41, 5.74) is 1.54. The summed E-state index contributed by atoms with van der Waals surface area (Å²) in [4.78, 5) is 26.0. The summed E-state index contributed by atoms with van der Waals surface area (Å²) < 4.78 is 0. The number of carbonyl (C=O) groups is 1. The fourth-order valence-electron chi connectivity index (χ4n) is 1.91. The molecule has 1 atom stereocenters. The number of non-ortho nitro benzene ring substituents is 1. The molecule has 0 fully saturated rings. The first-order chi connectivity index (χ1) is 10.6. The van der Waals surface area contributed by atoms with Gasteiger partial charge in [-0.3, -0.25) is 19.9 Å². The van der Waals surface area contributed by atoms with E-state index in [1.165, 1.54) is 18.2 Å². The van der Waals surface area contributed by atoms with Crippen LogP contribution >= 0.6 is 0 Å². The number of nitrogens with zero attached hydrogens (tertiary/aromatic N) is 2. The molecule has 0 spiro atoms. The normalized spacial score (nSPS) is 12.0. The van der Waals surface area contributed by atoms with Crippen molar-refractivity contribution in [2.45, 2.75) is 13.0 Å². The summed E-state index contributed by atoms with van der Waals surface area (Å²) in [6.07, 6.45) is 6.23. The monoisotopic (exact) mass is 297 g/mol. The Balaban J connectivity index is 2.00. The molecule has 1 unspecified atom stereocenters. The molecule has 6 nitrogen and oxygen atoms in total. The van der Waals surface area contributed by atoms with Gasteiger partial charge < -0.3 is 5.32 Å². The summed E-state index contributed by atoms with van der Waals surface area (Å²) in [5, 5.41) is 13.5. The molecule has 0 radical (unpaired) electrons. The van der Waals surface area contributed by atoms with Gasteiger partial charge in [-0.2, -0.15) is 0 Å². The van der Waals surface area contributed by atoms with Crippen LogP contribution in [-0.2, 0) is 4.79 Å². The van der Waals surface area contributed by atoms with Gasteiger partial charge in [0.1, 0.15) is 0 Å². The minimum atomic E-state index is -0.469. The summed E-state index contributed by atoms with van der Waals surface area (Å²) in [7, 11) is 0. The van der Waals surface area contributed by atoms with E-state index < -0.39 is 4.92 Å². The number of hydrogen-bond acceptors (Lipinski definition) is 4. The Bertz CT molecular complexity index is 699. The quantitative estimate of drug-likeness (QED) is 0.522. The van der Waals surface area contributed by atoms with Crippen LogP contribution in [0.4, 0.5) is 5.69 Å². The first-order valence-corrected chi connectivity index (χ1v) is 6.69. The molecule has 0 aliphatic carbocycles. The van der Waals surface area contributed by atoms with Gasteiger partial charge in [0.05, 0.1) is 11.0 Å². The van der Waals surface area contributed by atoms with Crippen LogP contribution in [0.25, 0.3) is 6.08 Å². The Morgan fingerprint density at radius 3 is 2.73 bits per heavy atom. The van der Waals surface area contributed by atoms with Crippen molar-refractivity contribution < 1.29 is 9.72 Å². The second-order valence-electron chi connectivity index (χ2n) is 4.70. The standard InChI is InChI=1S/C16H15N3O3/c1-12(14-7-9-17-10-8-14)18-16(20)6-5-13-3-2-4-15(11-13)19(21)22/h2-12H,1H3,(H,18,20)/b6-5+. The molecule has 0 aliphatic heterocycles. The van der Waals surface area contributed by atoms with Crippen LogP contribution in [0.2, 0.25) is 0 Å². The molecule has 112 valence electrons. The van der Waals surface area contributed by atoms with E-state index in [1.807, 2.05) is 19.1 Å². The lowest BCUT2D eigenvalue weighted by atomic mass is 10.1. The van der Waals surface area contributed by atoms with Crippen molar-refractivity contribution in [3.63, 3.8) is 0 Å². The van der Waals surface area contributed by atoms with Crippen molar-refractivity contribution in [1.29, 1.82) is 0 Å². The average Bonchev–Trinajstić information content (AvgIpc) is 2.54. The Labute approximate surface area is 127 Å². The number of nitro groups is 1. The molecule has 0 aliphatic rings. The molecule has 1 N–H and O–H groups in total. The van der Waals surface area contributed by atoms with Crippen LogP contribution in [0.5, 0.6) is 0 Å². The van der Waals surface area contributed by atoms with E-state index >= 15 is 0 Å². The molecule has 22 heavy (non-hydrogen) atoms. The Kier molecular flexibility index (Phi) is 4.98. The average molecular weight is 297 g/mol. The number of hydrogen-bond donors (Lipinski definition) is 1. The Morgan fingerprint density at radius 2 is 2.05 bits per heavy atom. The third-order valence-corrected chi connectivity index (χ3v) is 3.07. The van der Waals surface area contributed by atoms with Gasteiger partial charge in [-0.05, 0) is 36.3 Å². The topological polar surface area (TPSA) is 85.1 Å². The molecule has 2 rings (SSSR count). The first-order valence-electron chi connectivity index (χ1n) is 6.69. The molecule has 1 aromatic heterocycles. The van der Waals surface area contributed by atoms with E-state index in [9.17, 15) is 14.9 Å². The zero-order chi connectivity index (χ0) is 15.9. The predicted octanol–water partition coefficient (Wildman–Crippen LogP) is 2.88. The van der Waals surface area contributed by atoms with Crippen LogP contribution in [-0.4, -0.2) is 15.8 Å². The molecule has 2 aromatic rings. The van der Waals surface area contributed by atoms with E-state index in [1.54, 1.807) is 30.6 Å². The number of rotatable bonds is 5. The third kappa shape index (κ3) is 4.24. The number of amides is 1. The van der Waals surface area contributed by atoms with Gasteiger partial charge in [0.2, 0.25) is 5.91 Å². The minimum Gasteiger partial charge on any atom is -0.346 e. The number of carbonyl (C=O) groups excluding carboxylic acids is 1. The lowest BCUT2D eigenvalue weighted by Gasteiger charge is -2.12. The molecule has 0 saturated heterocycles. The smallest absolute Gasteiger partial charge is 0.270 e. The van der Waals surface area contributed by atoms with Gasteiger partial charge in [0, 0.05) is 30.6 Å². The molecule has 1 aromatic carbocycles. The second-order valence-corrected chi connectivity index (χ2v) is 4.70. The number of benzene rings is 1. The third-order valence-electron chi connectivity index (χ3n) is 3.07. The van der Waals surface area contributed by atoms with E-state index in [0.717, 1.165) is 5.56 Å². The van der Waals surface area contributed by atoms with Crippen molar-refractivity contribution >= 4 is 17.7 Å². The molecule has 1 heterocycles. The van der Waals surface area contributed by atoms with Crippen molar-refractivity contribution in [1.82, 2.24) is 10.3 Å². The highest BCUT2D eigenvalue weighted by molar-refractivity contribution is 5.92. The van der Waals surface area contributed by atoms with E-state index in [4.69, 9.17) is 0 Å².